The summed E-state index contributed by atoms with van der Waals surface area (Å²) in [6.07, 6.45) is 3.84. The van der Waals surface area contributed by atoms with Gasteiger partial charge in [-0.15, -0.1) is 11.8 Å². The number of nitrogens with zero attached hydrogens (tertiary/aromatic N) is 2. The Kier molecular flexibility index (Phi) is 5.33. The summed E-state index contributed by atoms with van der Waals surface area (Å²) < 4.78 is 25.7. The van der Waals surface area contributed by atoms with Crippen LogP contribution in [0.25, 0.3) is 0 Å². The number of thioether (sulfide) groups is 1. The Hall–Kier alpha value is -0.250. The zero-order valence-corrected chi connectivity index (χ0v) is 13.9. The Balaban J connectivity index is 2.62. The van der Waals surface area contributed by atoms with Crippen molar-refractivity contribution in [3.63, 3.8) is 0 Å². The van der Waals surface area contributed by atoms with Gasteiger partial charge in [-0.2, -0.15) is 5.26 Å². The minimum Gasteiger partial charge on any atom is -0.212 e. The minimum absolute atomic E-state index is 0.0263. The highest BCUT2D eigenvalue weighted by Crippen LogP contribution is 2.34. The number of rotatable bonds is 4. The van der Waals surface area contributed by atoms with E-state index in [0.29, 0.717) is 32.4 Å². The summed E-state index contributed by atoms with van der Waals surface area (Å²) in [5.41, 5.74) is 0.0263. The molecule has 0 atom stereocenters. The van der Waals surface area contributed by atoms with Gasteiger partial charge in [0.2, 0.25) is 10.0 Å². The summed E-state index contributed by atoms with van der Waals surface area (Å²) in [6.45, 7) is 7.09. The predicted octanol–water partition coefficient (Wildman–Crippen LogP) is 2.47. The van der Waals surface area contributed by atoms with Crippen LogP contribution in [-0.2, 0) is 10.0 Å². The first-order valence-corrected chi connectivity index (χ1v) is 9.42. The molecule has 4 nitrogen and oxygen atoms in total. The van der Waals surface area contributed by atoms with Crippen LogP contribution in [0.3, 0.4) is 0 Å². The van der Waals surface area contributed by atoms with Crippen molar-refractivity contribution in [3.8, 4) is 6.07 Å². The molecule has 0 radical (unpaired) electrons. The molecule has 1 heterocycles. The van der Waals surface area contributed by atoms with E-state index in [4.69, 9.17) is 0 Å². The van der Waals surface area contributed by atoms with Crippen LogP contribution < -0.4 is 0 Å². The number of sulfonamides is 1. The molecule has 0 spiro atoms. The van der Waals surface area contributed by atoms with Crippen molar-refractivity contribution in [2.75, 3.05) is 25.1 Å². The molecule has 19 heavy (non-hydrogen) atoms. The molecule has 0 saturated carbocycles. The van der Waals surface area contributed by atoms with Crippen LogP contribution >= 0.6 is 11.8 Å². The molecule has 6 heteroatoms. The fourth-order valence-electron chi connectivity index (χ4n) is 2.05. The molecule has 110 valence electrons. The third kappa shape index (κ3) is 4.66. The van der Waals surface area contributed by atoms with E-state index in [2.05, 4.69) is 6.07 Å². The lowest BCUT2D eigenvalue weighted by molar-refractivity contribution is 0.322. The summed E-state index contributed by atoms with van der Waals surface area (Å²) in [4.78, 5) is 0. The van der Waals surface area contributed by atoms with E-state index in [1.54, 1.807) is 16.1 Å². The van der Waals surface area contributed by atoms with E-state index < -0.39 is 14.8 Å². The van der Waals surface area contributed by atoms with Gasteiger partial charge in [0.25, 0.3) is 0 Å². The van der Waals surface area contributed by atoms with Crippen molar-refractivity contribution in [2.24, 2.45) is 5.41 Å². The largest absolute Gasteiger partial charge is 0.214 e. The molecule has 1 rings (SSSR count). The van der Waals surface area contributed by atoms with Gasteiger partial charge in [0.15, 0.2) is 0 Å². The molecule has 0 aromatic heterocycles. The van der Waals surface area contributed by atoms with E-state index in [0.717, 1.165) is 0 Å². The third-order valence-electron chi connectivity index (χ3n) is 3.63. The van der Waals surface area contributed by atoms with E-state index in [-0.39, 0.29) is 11.2 Å². The van der Waals surface area contributed by atoms with Crippen LogP contribution in [0.15, 0.2) is 0 Å². The highest BCUT2D eigenvalue weighted by atomic mass is 32.2. The molecule has 0 aliphatic carbocycles. The maximum Gasteiger partial charge on any atom is 0.214 e. The summed E-state index contributed by atoms with van der Waals surface area (Å²) in [5.74, 6) is 0.204. The van der Waals surface area contributed by atoms with Gasteiger partial charge in [-0.3, -0.25) is 0 Å². The molecular weight excluding hydrogens is 280 g/mol. The summed E-state index contributed by atoms with van der Waals surface area (Å²) in [6, 6.07) is 2.34. The van der Waals surface area contributed by atoms with Gasteiger partial charge in [0, 0.05) is 13.1 Å². The molecule has 0 amide bonds. The lowest BCUT2D eigenvalue weighted by Gasteiger charge is -2.35. The lowest BCUT2D eigenvalue weighted by Crippen LogP contribution is -2.45. The molecule has 1 fully saturated rings. The fourth-order valence-corrected chi connectivity index (χ4v) is 4.60. The van der Waals surface area contributed by atoms with Crippen molar-refractivity contribution >= 4 is 21.8 Å². The van der Waals surface area contributed by atoms with E-state index >= 15 is 0 Å². The van der Waals surface area contributed by atoms with E-state index in [1.165, 1.54) is 0 Å². The van der Waals surface area contributed by atoms with Crippen molar-refractivity contribution < 1.29 is 8.42 Å². The highest BCUT2D eigenvalue weighted by molar-refractivity contribution is 8.00. The maximum atomic E-state index is 12.3. The number of nitriles is 1. The number of hydrogen-bond acceptors (Lipinski definition) is 4. The topological polar surface area (TPSA) is 61.2 Å². The van der Waals surface area contributed by atoms with Crippen LogP contribution in [0.2, 0.25) is 0 Å². The Morgan fingerprint density at radius 1 is 1.32 bits per heavy atom. The molecule has 1 saturated heterocycles. The van der Waals surface area contributed by atoms with Gasteiger partial charge in [-0.25, -0.2) is 12.7 Å². The van der Waals surface area contributed by atoms with E-state index in [1.807, 2.05) is 27.0 Å². The second-order valence-corrected chi connectivity index (χ2v) is 9.61. The molecule has 1 aliphatic heterocycles. The average molecular weight is 304 g/mol. The minimum atomic E-state index is -3.17. The molecular formula is C13H24N2O2S2. The Morgan fingerprint density at radius 2 is 1.84 bits per heavy atom. The zero-order valence-electron chi connectivity index (χ0n) is 12.3. The smallest absolute Gasteiger partial charge is 0.212 e. The van der Waals surface area contributed by atoms with Crippen molar-refractivity contribution in [2.45, 2.75) is 44.8 Å². The SMILES string of the molecule is CSC1(C#N)CCN(S(=O)(=O)CCC(C)(C)C)CC1. The van der Waals surface area contributed by atoms with Crippen molar-refractivity contribution in [1.29, 1.82) is 5.26 Å². The summed E-state index contributed by atoms with van der Waals surface area (Å²) in [5, 5.41) is 9.20. The van der Waals surface area contributed by atoms with Crippen LogP contribution in [0.5, 0.6) is 0 Å². The van der Waals surface area contributed by atoms with Crippen LogP contribution in [0, 0.1) is 16.7 Å². The Morgan fingerprint density at radius 3 is 2.21 bits per heavy atom. The van der Waals surface area contributed by atoms with Crippen LogP contribution in [-0.4, -0.2) is 42.6 Å². The average Bonchev–Trinajstić information content (AvgIpc) is 2.36. The monoisotopic (exact) mass is 304 g/mol. The van der Waals surface area contributed by atoms with Gasteiger partial charge in [-0.1, -0.05) is 20.8 Å². The normalized spacial score (nSPS) is 21.0. The van der Waals surface area contributed by atoms with Gasteiger partial charge >= 0.3 is 0 Å². The summed E-state index contributed by atoms with van der Waals surface area (Å²) >= 11 is 1.54. The standard InChI is InChI=1S/C13H24N2O2S2/c1-12(2,3)7-10-19(16,17)15-8-5-13(11-14,18-4)6-9-15/h5-10H2,1-4H3. The number of hydrogen-bond donors (Lipinski definition) is 0. The number of piperidine rings is 1. The Bertz CT molecular complexity index is 438. The second kappa shape index (κ2) is 6.02. The van der Waals surface area contributed by atoms with Gasteiger partial charge < -0.3 is 0 Å². The van der Waals surface area contributed by atoms with Gasteiger partial charge in [0.05, 0.1) is 11.8 Å². The van der Waals surface area contributed by atoms with Crippen LogP contribution in [0.4, 0.5) is 0 Å². The van der Waals surface area contributed by atoms with Gasteiger partial charge in [0.1, 0.15) is 4.75 Å². The highest BCUT2D eigenvalue weighted by Gasteiger charge is 2.37. The molecule has 0 unspecified atom stereocenters. The molecule has 0 aromatic rings. The van der Waals surface area contributed by atoms with Gasteiger partial charge in [-0.05, 0) is 30.9 Å². The van der Waals surface area contributed by atoms with Crippen LogP contribution in [0.1, 0.15) is 40.0 Å². The first-order valence-electron chi connectivity index (χ1n) is 6.58. The molecule has 0 bridgehead atoms. The quantitative estimate of drug-likeness (QED) is 0.800. The maximum absolute atomic E-state index is 12.3. The summed E-state index contributed by atoms with van der Waals surface area (Å²) in [7, 11) is -3.17. The first-order chi connectivity index (χ1) is 8.64. The fraction of sp³-hybridized carbons (Fsp3) is 0.923. The predicted molar refractivity (Wildman–Crippen MR) is 80.5 cm³/mol. The van der Waals surface area contributed by atoms with Crippen molar-refractivity contribution in [3.05, 3.63) is 0 Å². The first kappa shape index (κ1) is 16.8. The lowest BCUT2D eigenvalue weighted by atomic mass is 9.94. The molecule has 0 aromatic carbocycles. The Labute approximate surface area is 121 Å². The second-order valence-electron chi connectivity index (χ2n) is 6.34. The zero-order chi connectivity index (χ0) is 14.7. The van der Waals surface area contributed by atoms with E-state index in [9.17, 15) is 13.7 Å². The third-order valence-corrected chi connectivity index (χ3v) is 6.78. The molecule has 1 aliphatic rings. The van der Waals surface area contributed by atoms with Crippen molar-refractivity contribution in [1.82, 2.24) is 4.31 Å². The molecule has 0 N–H and O–H groups in total.